The molecule has 0 aliphatic heterocycles. The van der Waals surface area contributed by atoms with E-state index in [9.17, 15) is 4.79 Å². The Hall–Kier alpha value is -0.700. The van der Waals surface area contributed by atoms with Crippen LogP contribution in [0.25, 0.3) is 0 Å². The van der Waals surface area contributed by atoms with Crippen LogP contribution in [0.4, 0.5) is 0 Å². The van der Waals surface area contributed by atoms with Crippen molar-refractivity contribution >= 4 is 21.7 Å². The van der Waals surface area contributed by atoms with E-state index < -0.39 is 0 Å². The van der Waals surface area contributed by atoms with E-state index in [0.29, 0.717) is 5.78 Å². The number of Topliss-reactive ketones (excluding diaryl/α,β-unsaturated/α-hetero) is 1. The number of hydrogen-bond acceptors (Lipinski definition) is 2. The predicted octanol–water partition coefficient (Wildman–Crippen LogP) is 2.76. The molecule has 1 aromatic heterocycles. The first kappa shape index (κ1) is 9.84. The zero-order chi connectivity index (χ0) is 9.97. The zero-order valence-corrected chi connectivity index (χ0v) is 9.46. The monoisotopic (exact) mass is 253 g/mol. The lowest BCUT2D eigenvalue weighted by atomic mass is 10.0. The molecule has 1 aliphatic rings. The van der Waals surface area contributed by atoms with Crippen LogP contribution < -0.4 is 0 Å². The zero-order valence-electron chi connectivity index (χ0n) is 7.87. The molecular weight excluding hydrogens is 242 g/mol. The second-order valence-electron chi connectivity index (χ2n) is 3.73. The van der Waals surface area contributed by atoms with E-state index in [1.165, 1.54) is 0 Å². The Balaban J connectivity index is 2.03. The highest BCUT2D eigenvalue weighted by Crippen LogP contribution is 2.24. The molecular formula is C11H12BrNO. The van der Waals surface area contributed by atoms with E-state index in [4.69, 9.17) is 0 Å². The number of pyridine rings is 1. The van der Waals surface area contributed by atoms with Crippen molar-refractivity contribution in [1.29, 1.82) is 0 Å². The van der Waals surface area contributed by atoms with Crippen LogP contribution in [-0.4, -0.2) is 10.8 Å². The molecule has 0 bridgehead atoms. The molecule has 1 saturated carbocycles. The topological polar surface area (TPSA) is 30.0 Å². The highest BCUT2D eigenvalue weighted by atomic mass is 79.9. The van der Waals surface area contributed by atoms with Gasteiger partial charge in [-0.1, -0.05) is 0 Å². The molecule has 0 radical (unpaired) electrons. The quantitative estimate of drug-likeness (QED) is 0.812. The largest absolute Gasteiger partial charge is 0.299 e. The van der Waals surface area contributed by atoms with Crippen molar-refractivity contribution in [3.63, 3.8) is 0 Å². The Morgan fingerprint density at radius 1 is 1.50 bits per heavy atom. The van der Waals surface area contributed by atoms with Gasteiger partial charge in [-0.15, -0.1) is 0 Å². The van der Waals surface area contributed by atoms with Gasteiger partial charge in [0.05, 0.1) is 0 Å². The molecule has 3 heteroatoms. The van der Waals surface area contributed by atoms with Crippen LogP contribution in [0.2, 0.25) is 0 Å². The number of halogens is 1. The maximum Gasteiger partial charge on any atom is 0.136 e. The third-order valence-corrected chi connectivity index (χ3v) is 3.14. The molecule has 0 N–H and O–H groups in total. The van der Waals surface area contributed by atoms with Gasteiger partial charge in [-0.05, 0) is 47.3 Å². The highest BCUT2D eigenvalue weighted by molar-refractivity contribution is 9.10. The first-order chi connectivity index (χ1) is 6.75. The lowest BCUT2D eigenvalue weighted by molar-refractivity contribution is -0.120. The van der Waals surface area contributed by atoms with E-state index in [1.54, 1.807) is 6.20 Å². The fraction of sp³-hybridized carbons (Fsp3) is 0.455. The molecule has 74 valence electrons. The van der Waals surface area contributed by atoms with Crippen molar-refractivity contribution in [3.8, 4) is 0 Å². The number of carbonyl (C=O) groups excluding carboxylic acids is 1. The van der Waals surface area contributed by atoms with Crippen molar-refractivity contribution in [2.24, 2.45) is 5.92 Å². The van der Waals surface area contributed by atoms with Crippen LogP contribution in [0, 0.1) is 5.92 Å². The van der Waals surface area contributed by atoms with E-state index in [-0.39, 0.29) is 5.92 Å². The predicted molar refractivity (Wildman–Crippen MR) is 58.0 cm³/mol. The second kappa shape index (κ2) is 4.22. The van der Waals surface area contributed by atoms with E-state index in [2.05, 4.69) is 20.9 Å². The third-order valence-electron chi connectivity index (χ3n) is 2.68. The summed E-state index contributed by atoms with van der Waals surface area (Å²) in [5, 5.41) is 0. The van der Waals surface area contributed by atoms with Crippen molar-refractivity contribution in [1.82, 2.24) is 4.98 Å². The molecule has 2 nitrogen and oxygen atoms in total. The molecule has 0 aromatic carbocycles. The van der Waals surface area contributed by atoms with Gasteiger partial charge in [0, 0.05) is 28.7 Å². The first-order valence-electron chi connectivity index (χ1n) is 4.89. The Morgan fingerprint density at radius 2 is 2.36 bits per heavy atom. The summed E-state index contributed by atoms with van der Waals surface area (Å²) < 4.78 is 0.985. The molecule has 1 unspecified atom stereocenters. The summed E-state index contributed by atoms with van der Waals surface area (Å²) in [4.78, 5) is 15.7. The minimum atomic E-state index is 0.226. The molecule has 1 fully saturated rings. The van der Waals surface area contributed by atoms with Gasteiger partial charge in [0.25, 0.3) is 0 Å². The minimum Gasteiger partial charge on any atom is -0.299 e. The maximum absolute atomic E-state index is 11.4. The normalized spacial score (nSPS) is 21.5. The number of nitrogens with zero attached hydrogens (tertiary/aromatic N) is 1. The summed E-state index contributed by atoms with van der Waals surface area (Å²) in [6.45, 7) is 0. The standard InChI is InChI=1S/C11H12BrNO/c12-9-4-5-10(13-7-9)6-8-2-1-3-11(8)14/h4-5,7-8H,1-3,6H2. The van der Waals surface area contributed by atoms with Crippen molar-refractivity contribution < 1.29 is 4.79 Å². The van der Waals surface area contributed by atoms with Crippen LogP contribution in [0.5, 0.6) is 0 Å². The maximum atomic E-state index is 11.4. The Morgan fingerprint density at radius 3 is 2.93 bits per heavy atom. The molecule has 0 amide bonds. The van der Waals surface area contributed by atoms with Crippen molar-refractivity contribution in [2.45, 2.75) is 25.7 Å². The first-order valence-corrected chi connectivity index (χ1v) is 5.68. The molecule has 0 saturated heterocycles. The van der Waals surface area contributed by atoms with Gasteiger partial charge in [0.2, 0.25) is 0 Å². The summed E-state index contributed by atoms with van der Waals surface area (Å²) in [7, 11) is 0. The number of carbonyl (C=O) groups is 1. The average molecular weight is 254 g/mol. The summed E-state index contributed by atoms with van der Waals surface area (Å²) in [6.07, 6.45) is 5.46. The number of hydrogen-bond donors (Lipinski definition) is 0. The smallest absolute Gasteiger partial charge is 0.136 e. The Kier molecular flexibility index (Phi) is 2.96. The molecule has 0 spiro atoms. The van der Waals surface area contributed by atoms with Gasteiger partial charge in [0.1, 0.15) is 5.78 Å². The third kappa shape index (κ3) is 2.21. The summed E-state index contributed by atoms with van der Waals surface area (Å²) in [5.74, 6) is 0.637. The van der Waals surface area contributed by atoms with Crippen molar-refractivity contribution in [3.05, 3.63) is 28.5 Å². The SMILES string of the molecule is O=C1CCCC1Cc1ccc(Br)cn1. The molecule has 1 aliphatic carbocycles. The van der Waals surface area contributed by atoms with Gasteiger partial charge in [-0.25, -0.2) is 0 Å². The van der Waals surface area contributed by atoms with E-state index in [0.717, 1.165) is 35.8 Å². The molecule has 2 rings (SSSR count). The van der Waals surface area contributed by atoms with Crippen LogP contribution in [-0.2, 0) is 11.2 Å². The summed E-state index contributed by atoms with van der Waals surface area (Å²) >= 11 is 3.34. The fourth-order valence-corrected chi connectivity index (χ4v) is 2.12. The second-order valence-corrected chi connectivity index (χ2v) is 4.64. The molecule has 1 atom stereocenters. The van der Waals surface area contributed by atoms with Gasteiger partial charge in [-0.3, -0.25) is 9.78 Å². The molecule has 1 aromatic rings. The number of ketones is 1. The van der Waals surface area contributed by atoms with Crippen LogP contribution in [0.1, 0.15) is 25.0 Å². The summed E-state index contributed by atoms with van der Waals surface area (Å²) in [6, 6.07) is 3.96. The lowest BCUT2D eigenvalue weighted by Crippen LogP contribution is -2.10. The minimum absolute atomic E-state index is 0.226. The Bertz CT molecular complexity index is 334. The van der Waals surface area contributed by atoms with Gasteiger partial charge in [-0.2, -0.15) is 0 Å². The van der Waals surface area contributed by atoms with Gasteiger partial charge < -0.3 is 0 Å². The Labute approximate surface area is 91.9 Å². The van der Waals surface area contributed by atoms with Crippen molar-refractivity contribution in [2.75, 3.05) is 0 Å². The number of rotatable bonds is 2. The number of aromatic nitrogens is 1. The van der Waals surface area contributed by atoms with Crippen LogP contribution >= 0.6 is 15.9 Å². The van der Waals surface area contributed by atoms with Gasteiger partial charge >= 0.3 is 0 Å². The molecule has 14 heavy (non-hydrogen) atoms. The van der Waals surface area contributed by atoms with Crippen LogP contribution in [0.15, 0.2) is 22.8 Å². The lowest BCUT2D eigenvalue weighted by Gasteiger charge is -2.06. The fourth-order valence-electron chi connectivity index (χ4n) is 1.88. The highest BCUT2D eigenvalue weighted by Gasteiger charge is 2.24. The average Bonchev–Trinajstić information content (AvgIpc) is 2.56. The van der Waals surface area contributed by atoms with Crippen LogP contribution in [0.3, 0.4) is 0 Å². The molecule has 1 heterocycles. The van der Waals surface area contributed by atoms with Gasteiger partial charge in [0.15, 0.2) is 0 Å². The summed E-state index contributed by atoms with van der Waals surface area (Å²) in [5.41, 5.74) is 1.02. The van der Waals surface area contributed by atoms with E-state index in [1.807, 2.05) is 12.1 Å². The van der Waals surface area contributed by atoms with E-state index >= 15 is 0 Å².